The van der Waals surface area contributed by atoms with Gasteiger partial charge in [-0.05, 0) is 41.5 Å². The second-order valence-corrected chi connectivity index (χ2v) is 6.24. The molecule has 0 amide bonds. The van der Waals surface area contributed by atoms with E-state index in [0.29, 0.717) is 0 Å². The molecule has 25 heavy (non-hydrogen) atoms. The van der Waals surface area contributed by atoms with Crippen molar-refractivity contribution in [2.75, 3.05) is 0 Å². The van der Waals surface area contributed by atoms with Crippen molar-refractivity contribution in [1.82, 2.24) is 15.1 Å². The van der Waals surface area contributed by atoms with Crippen LogP contribution in [0, 0.1) is 0 Å². The standard InChI is InChI=1S/C22H21N3/c1-17(21-13-7-9-18-8-5-6-12-22(18)21)23-16-20-14-15-24-25(20)19-10-3-2-4-11-19/h2-15,17,23H,16H2,1H3/t17-/m1/s1. The molecule has 4 aromatic rings. The lowest BCUT2D eigenvalue weighted by atomic mass is 10.00. The molecule has 1 heterocycles. The lowest BCUT2D eigenvalue weighted by Crippen LogP contribution is -2.20. The topological polar surface area (TPSA) is 29.9 Å². The smallest absolute Gasteiger partial charge is 0.0649 e. The van der Waals surface area contributed by atoms with Crippen molar-refractivity contribution in [3.8, 4) is 5.69 Å². The number of hydrogen-bond acceptors (Lipinski definition) is 2. The van der Waals surface area contributed by atoms with E-state index in [-0.39, 0.29) is 6.04 Å². The molecule has 0 spiro atoms. The van der Waals surface area contributed by atoms with Gasteiger partial charge in [0.05, 0.1) is 11.4 Å². The van der Waals surface area contributed by atoms with Crippen molar-refractivity contribution in [1.29, 1.82) is 0 Å². The van der Waals surface area contributed by atoms with Gasteiger partial charge in [-0.3, -0.25) is 0 Å². The first-order valence-corrected chi connectivity index (χ1v) is 8.62. The number of hydrogen-bond donors (Lipinski definition) is 1. The van der Waals surface area contributed by atoms with E-state index in [0.717, 1.165) is 17.9 Å². The summed E-state index contributed by atoms with van der Waals surface area (Å²) in [5.74, 6) is 0. The Kier molecular flexibility index (Phi) is 4.32. The van der Waals surface area contributed by atoms with E-state index >= 15 is 0 Å². The maximum Gasteiger partial charge on any atom is 0.0649 e. The Balaban J connectivity index is 1.55. The minimum Gasteiger partial charge on any atom is -0.305 e. The summed E-state index contributed by atoms with van der Waals surface area (Å²) in [6.07, 6.45) is 1.85. The van der Waals surface area contributed by atoms with Gasteiger partial charge < -0.3 is 5.32 Å². The molecule has 3 nitrogen and oxygen atoms in total. The first kappa shape index (κ1) is 15.6. The summed E-state index contributed by atoms with van der Waals surface area (Å²) >= 11 is 0. The molecule has 0 saturated carbocycles. The number of benzene rings is 3. The summed E-state index contributed by atoms with van der Waals surface area (Å²) in [5, 5.41) is 10.7. The maximum atomic E-state index is 4.46. The molecule has 0 unspecified atom stereocenters. The monoisotopic (exact) mass is 327 g/mol. The van der Waals surface area contributed by atoms with E-state index in [2.05, 4.69) is 78.0 Å². The Labute approximate surface area is 147 Å². The second-order valence-electron chi connectivity index (χ2n) is 6.24. The van der Waals surface area contributed by atoms with Crippen LogP contribution in [-0.4, -0.2) is 9.78 Å². The summed E-state index contributed by atoms with van der Waals surface area (Å²) in [4.78, 5) is 0. The van der Waals surface area contributed by atoms with E-state index in [9.17, 15) is 0 Å². The van der Waals surface area contributed by atoms with Crippen molar-refractivity contribution >= 4 is 10.8 Å². The lowest BCUT2D eigenvalue weighted by Gasteiger charge is -2.17. The molecule has 124 valence electrons. The van der Waals surface area contributed by atoms with Crippen LogP contribution in [0.15, 0.2) is 85.1 Å². The highest BCUT2D eigenvalue weighted by Gasteiger charge is 2.10. The van der Waals surface area contributed by atoms with E-state index in [1.165, 1.54) is 16.3 Å². The molecule has 0 aliphatic carbocycles. The Bertz CT molecular complexity index is 967. The zero-order valence-electron chi connectivity index (χ0n) is 14.3. The number of nitrogens with one attached hydrogen (secondary N) is 1. The molecule has 0 saturated heterocycles. The molecule has 0 aliphatic heterocycles. The van der Waals surface area contributed by atoms with Crippen LogP contribution in [0.25, 0.3) is 16.5 Å². The average Bonchev–Trinajstić information content (AvgIpc) is 3.15. The molecule has 1 N–H and O–H groups in total. The summed E-state index contributed by atoms with van der Waals surface area (Å²) in [7, 11) is 0. The van der Waals surface area contributed by atoms with Crippen LogP contribution in [0.5, 0.6) is 0 Å². The van der Waals surface area contributed by atoms with E-state index < -0.39 is 0 Å². The molecular weight excluding hydrogens is 306 g/mol. The summed E-state index contributed by atoms with van der Waals surface area (Å²) < 4.78 is 1.99. The van der Waals surface area contributed by atoms with Gasteiger partial charge in [0, 0.05) is 18.8 Å². The van der Waals surface area contributed by atoms with Gasteiger partial charge in [-0.2, -0.15) is 5.10 Å². The van der Waals surface area contributed by atoms with E-state index in [4.69, 9.17) is 0 Å². The summed E-state index contributed by atoms with van der Waals surface area (Å²) in [5.41, 5.74) is 3.56. The first-order chi connectivity index (χ1) is 12.3. The molecule has 4 rings (SSSR count). The van der Waals surface area contributed by atoms with Gasteiger partial charge in [-0.25, -0.2) is 4.68 Å². The summed E-state index contributed by atoms with van der Waals surface area (Å²) in [6, 6.07) is 27.6. The van der Waals surface area contributed by atoms with Crippen LogP contribution in [0.4, 0.5) is 0 Å². The molecule has 3 heteroatoms. The molecule has 3 aromatic carbocycles. The predicted octanol–water partition coefficient (Wildman–Crippen LogP) is 4.88. The molecular formula is C22H21N3. The summed E-state index contributed by atoms with van der Waals surface area (Å²) in [6.45, 7) is 2.98. The lowest BCUT2D eigenvalue weighted by molar-refractivity contribution is 0.561. The fraction of sp³-hybridized carbons (Fsp3) is 0.136. The van der Waals surface area contributed by atoms with Crippen LogP contribution in [-0.2, 0) is 6.54 Å². The van der Waals surface area contributed by atoms with Crippen molar-refractivity contribution in [3.05, 3.63) is 96.3 Å². The normalized spacial score (nSPS) is 12.4. The Hall–Kier alpha value is -2.91. The molecule has 0 bridgehead atoms. The van der Waals surface area contributed by atoms with Crippen LogP contribution >= 0.6 is 0 Å². The highest BCUT2D eigenvalue weighted by Crippen LogP contribution is 2.24. The largest absolute Gasteiger partial charge is 0.305 e. The Morgan fingerprint density at radius 2 is 1.64 bits per heavy atom. The predicted molar refractivity (Wildman–Crippen MR) is 103 cm³/mol. The van der Waals surface area contributed by atoms with Gasteiger partial charge in [-0.1, -0.05) is 60.7 Å². The van der Waals surface area contributed by atoms with Crippen molar-refractivity contribution in [2.24, 2.45) is 0 Å². The third-order valence-corrected chi connectivity index (χ3v) is 4.60. The fourth-order valence-electron chi connectivity index (χ4n) is 3.26. The highest BCUT2D eigenvalue weighted by molar-refractivity contribution is 5.86. The minimum absolute atomic E-state index is 0.255. The van der Waals surface area contributed by atoms with E-state index in [1.807, 2.05) is 29.1 Å². The van der Waals surface area contributed by atoms with Crippen LogP contribution in [0.1, 0.15) is 24.2 Å². The third-order valence-electron chi connectivity index (χ3n) is 4.60. The van der Waals surface area contributed by atoms with Crippen molar-refractivity contribution in [3.63, 3.8) is 0 Å². The van der Waals surface area contributed by atoms with E-state index in [1.54, 1.807) is 0 Å². The zero-order valence-corrected chi connectivity index (χ0v) is 14.3. The van der Waals surface area contributed by atoms with Gasteiger partial charge in [0.1, 0.15) is 0 Å². The molecule has 1 aromatic heterocycles. The van der Waals surface area contributed by atoms with Gasteiger partial charge in [-0.15, -0.1) is 0 Å². The number of para-hydroxylation sites is 1. The second kappa shape index (κ2) is 6.91. The van der Waals surface area contributed by atoms with Gasteiger partial charge >= 0.3 is 0 Å². The molecule has 0 aliphatic rings. The first-order valence-electron chi connectivity index (χ1n) is 8.62. The maximum absolute atomic E-state index is 4.46. The van der Waals surface area contributed by atoms with Crippen molar-refractivity contribution < 1.29 is 0 Å². The number of fused-ring (bicyclic) bond motifs is 1. The van der Waals surface area contributed by atoms with Crippen LogP contribution in [0.3, 0.4) is 0 Å². The third kappa shape index (κ3) is 3.19. The minimum atomic E-state index is 0.255. The van der Waals surface area contributed by atoms with Crippen LogP contribution in [0.2, 0.25) is 0 Å². The van der Waals surface area contributed by atoms with Crippen molar-refractivity contribution in [2.45, 2.75) is 19.5 Å². The fourth-order valence-corrected chi connectivity index (χ4v) is 3.26. The molecule has 0 fully saturated rings. The zero-order chi connectivity index (χ0) is 17.1. The van der Waals surface area contributed by atoms with Crippen LogP contribution < -0.4 is 5.32 Å². The number of nitrogens with zero attached hydrogens (tertiary/aromatic N) is 2. The SMILES string of the molecule is C[C@@H](NCc1ccnn1-c1ccccc1)c1cccc2ccccc12. The molecule has 1 atom stereocenters. The number of rotatable bonds is 5. The van der Waals surface area contributed by atoms with Gasteiger partial charge in [0.25, 0.3) is 0 Å². The Morgan fingerprint density at radius 3 is 2.52 bits per heavy atom. The number of aromatic nitrogens is 2. The molecule has 0 radical (unpaired) electrons. The van der Waals surface area contributed by atoms with Gasteiger partial charge in [0.15, 0.2) is 0 Å². The quantitative estimate of drug-likeness (QED) is 0.566. The highest BCUT2D eigenvalue weighted by atomic mass is 15.3. The average molecular weight is 327 g/mol. The Morgan fingerprint density at radius 1 is 0.880 bits per heavy atom. The van der Waals surface area contributed by atoms with Gasteiger partial charge in [0.2, 0.25) is 0 Å².